The van der Waals surface area contributed by atoms with Gasteiger partial charge in [-0.1, -0.05) is 18.2 Å². The second-order valence-corrected chi connectivity index (χ2v) is 8.10. The molecule has 2 amide bonds. The highest BCUT2D eigenvalue weighted by Crippen LogP contribution is 2.37. The summed E-state index contributed by atoms with van der Waals surface area (Å²) in [4.78, 5) is 29.2. The van der Waals surface area contributed by atoms with Crippen molar-refractivity contribution in [3.63, 3.8) is 0 Å². The molecule has 0 spiro atoms. The minimum atomic E-state index is -0.214. The highest BCUT2D eigenvalue weighted by atomic mass is 16.5. The number of hydrogen-bond donors (Lipinski definition) is 0. The fourth-order valence-electron chi connectivity index (χ4n) is 4.30. The third-order valence-electron chi connectivity index (χ3n) is 6.19. The molecule has 1 saturated heterocycles. The summed E-state index contributed by atoms with van der Waals surface area (Å²) in [6, 6.07) is 13.4. The molecule has 1 aliphatic carbocycles. The summed E-state index contributed by atoms with van der Waals surface area (Å²) in [5.41, 5.74) is 2.52. The van der Waals surface area contributed by atoms with Crippen LogP contribution in [-0.4, -0.2) is 61.0 Å². The predicted octanol–water partition coefficient (Wildman–Crippen LogP) is 2.82. The van der Waals surface area contributed by atoms with Crippen LogP contribution < -0.4 is 9.47 Å². The highest BCUT2D eigenvalue weighted by Gasteiger charge is 2.46. The number of methoxy groups -OCH3 is 1. The zero-order chi connectivity index (χ0) is 20.1. The van der Waals surface area contributed by atoms with E-state index in [-0.39, 0.29) is 29.9 Å². The number of likely N-dealkylation sites (tertiary alicyclic amines) is 1. The summed E-state index contributed by atoms with van der Waals surface area (Å²) < 4.78 is 11.7. The van der Waals surface area contributed by atoms with Crippen molar-refractivity contribution in [2.24, 2.45) is 5.92 Å². The Hall–Kier alpha value is -3.02. The van der Waals surface area contributed by atoms with Gasteiger partial charge in [-0.15, -0.1) is 0 Å². The van der Waals surface area contributed by atoms with Gasteiger partial charge in [0.1, 0.15) is 17.6 Å². The molecule has 0 aromatic heterocycles. The largest absolute Gasteiger partial charge is 0.497 e. The summed E-state index contributed by atoms with van der Waals surface area (Å²) >= 11 is 0. The van der Waals surface area contributed by atoms with E-state index in [1.807, 2.05) is 47.4 Å². The molecule has 2 aromatic carbocycles. The monoisotopic (exact) mass is 392 g/mol. The van der Waals surface area contributed by atoms with E-state index in [1.165, 1.54) is 0 Å². The molecule has 3 aliphatic rings. The lowest BCUT2D eigenvalue weighted by Crippen LogP contribution is -2.44. The van der Waals surface area contributed by atoms with E-state index < -0.39 is 0 Å². The number of carbonyl (C=O) groups is 2. The Labute approximate surface area is 170 Å². The van der Waals surface area contributed by atoms with Crippen molar-refractivity contribution in [3.05, 3.63) is 48.0 Å². The second-order valence-electron chi connectivity index (χ2n) is 8.10. The first-order valence-electron chi connectivity index (χ1n) is 10.1. The Morgan fingerprint density at radius 2 is 1.90 bits per heavy atom. The molecule has 2 aliphatic heterocycles. The normalized spacial score (nSPS) is 23.2. The van der Waals surface area contributed by atoms with Gasteiger partial charge in [0.2, 0.25) is 5.91 Å². The van der Waals surface area contributed by atoms with Gasteiger partial charge in [-0.2, -0.15) is 0 Å². The van der Waals surface area contributed by atoms with Crippen LogP contribution in [0.1, 0.15) is 23.2 Å². The van der Waals surface area contributed by atoms with Crippen molar-refractivity contribution < 1.29 is 19.1 Å². The molecule has 1 saturated carbocycles. The van der Waals surface area contributed by atoms with Crippen LogP contribution in [0.25, 0.3) is 11.1 Å². The van der Waals surface area contributed by atoms with Gasteiger partial charge in [0.25, 0.3) is 5.91 Å². The van der Waals surface area contributed by atoms with Crippen molar-refractivity contribution in [3.8, 4) is 22.6 Å². The maximum absolute atomic E-state index is 13.1. The van der Waals surface area contributed by atoms with Crippen LogP contribution in [0.4, 0.5) is 0 Å². The SMILES string of the molecule is COc1cccc(-c2ccc3c(c2)O[C@H]2CN(C(=O)C4CC4)C[C@H]2N(C)C3=O)c1. The smallest absolute Gasteiger partial charge is 0.257 e. The van der Waals surface area contributed by atoms with Crippen LogP contribution in [-0.2, 0) is 4.79 Å². The van der Waals surface area contributed by atoms with E-state index in [4.69, 9.17) is 9.47 Å². The Morgan fingerprint density at radius 1 is 1.10 bits per heavy atom. The molecule has 2 heterocycles. The van der Waals surface area contributed by atoms with Crippen LogP contribution in [0.2, 0.25) is 0 Å². The van der Waals surface area contributed by atoms with Gasteiger partial charge in [-0.05, 0) is 48.2 Å². The van der Waals surface area contributed by atoms with E-state index in [2.05, 4.69) is 0 Å². The van der Waals surface area contributed by atoms with E-state index in [0.29, 0.717) is 24.4 Å². The van der Waals surface area contributed by atoms with E-state index >= 15 is 0 Å². The van der Waals surface area contributed by atoms with Crippen LogP contribution >= 0.6 is 0 Å². The maximum atomic E-state index is 13.1. The van der Waals surface area contributed by atoms with Crippen molar-refractivity contribution in [2.45, 2.75) is 25.0 Å². The number of rotatable bonds is 3. The summed E-state index contributed by atoms with van der Waals surface area (Å²) in [5, 5.41) is 0. The van der Waals surface area contributed by atoms with Gasteiger partial charge in [-0.3, -0.25) is 9.59 Å². The molecule has 2 fully saturated rings. The standard InChI is InChI=1S/C23H24N2O4/c1-24-19-12-25(22(26)14-6-7-14)13-21(19)29-20-11-16(8-9-18(20)23(24)27)15-4-3-5-17(10-15)28-2/h3-5,8-11,14,19,21H,6-7,12-13H2,1-2H3/t19-,21+/m1/s1. The fraction of sp³-hybridized carbons (Fsp3) is 0.391. The first-order valence-corrected chi connectivity index (χ1v) is 10.1. The topological polar surface area (TPSA) is 59.1 Å². The van der Waals surface area contributed by atoms with Crippen molar-refractivity contribution in [1.29, 1.82) is 0 Å². The number of benzene rings is 2. The molecule has 29 heavy (non-hydrogen) atoms. The first kappa shape index (κ1) is 18.0. The van der Waals surface area contributed by atoms with E-state index in [0.717, 1.165) is 29.7 Å². The molecule has 5 rings (SSSR count). The lowest BCUT2D eigenvalue weighted by molar-refractivity contribution is -0.131. The Kier molecular flexibility index (Phi) is 4.23. The van der Waals surface area contributed by atoms with Gasteiger partial charge in [-0.25, -0.2) is 0 Å². The van der Waals surface area contributed by atoms with Crippen molar-refractivity contribution in [2.75, 3.05) is 27.2 Å². The van der Waals surface area contributed by atoms with Gasteiger partial charge >= 0.3 is 0 Å². The van der Waals surface area contributed by atoms with Crippen LogP contribution in [0.3, 0.4) is 0 Å². The summed E-state index contributed by atoms with van der Waals surface area (Å²) in [7, 11) is 3.45. The van der Waals surface area contributed by atoms with E-state index in [9.17, 15) is 9.59 Å². The second kappa shape index (κ2) is 6.79. The molecule has 6 heteroatoms. The summed E-state index contributed by atoms with van der Waals surface area (Å²) in [5.74, 6) is 1.67. The minimum absolute atomic E-state index is 0.0644. The molecule has 2 atom stereocenters. The van der Waals surface area contributed by atoms with Gasteiger partial charge in [0.15, 0.2) is 0 Å². The summed E-state index contributed by atoms with van der Waals surface area (Å²) in [6.07, 6.45) is 1.74. The highest BCUT2D eigenvalue weighted by molar-refractivity contribution is 5.98. The molecular formula is C23H24N2O4. The number of likely N-dealkylation sites (N-methyl/N-ethyl adjacent to an activating group) is 1. The Bertz CT molecular complexity index is 985. The molecule has 0 bridgehead atoms. The Morgan fingerprint density at radius 3 is 2.66 bits per heavy atom. The molecule has 0 radical (unpaired) electrons. The van der Waals surface area contributed by atoms with Crippen LogP contribution in [0.5, 0.6) is 11.5 Å². The molecule has 6 nitrogen and oxygen atoms in total. The van der Waals surface area contributed by atoms with Crippen LogP contribution in [0.15, 0.2) is 42.5 Å². The zero-order valence-corrected chi connectivity index (χ0v) is 16.6. The van der Waals surface area contributed by atoms with Crippen molar-refractivity contribution in [1.82, 2.24) is 9.80 Å². The molecular weight excluding hydrogens is 368 g/mol. The fourth-order valence-corrected chi connectivity index (χ4v) is 4.30. The third kappa shape index (κ3) is 3.12. The van der Waals surface area contributed by atoms with E-state index in [1.54, 1.807) is 19.1 Å². The number of nitrogens with zero attached hydrogens (tertiary/aromatic N) is 2. The van der Waals surface area contributed by atoms with Gasteiger partial charge in [0.05, 0.1) is 25.3 Å². The number of carbonyl (C=O) groups excluding carboxylic acids is 2. The number of hydrogen-bond acceptors (Lipinski definition) is 4. The molecule has 0 N–H and O–H groups in total. The first-order chi connectivity index (χ1) is 14.0. The van der Waals surface area contributed by atoms with Crippen molar-refractivity contribution >= 4 is 11.8 Å². The Balaban J connectivity index is 1.47. The maximum Gasteiger partial charge on any atom is 0.257 e. The molecule has 150 valence electrons. The average molecular weight is 392 g/mol. The predicted molar refractivity (Wildman–Crippen MR) is 108 cm³/mol. The number of fused-ring (bicyclic) bond motifs is 2. The van der Waals surface area contributed by atoms with Crippen LogP contribution in [0, 0.1) is 5.92 Å². The third-order valence-corrected chi connectivity index (χ3v) is 6.19. The molecule has 2 aromatic rings. The lowest BCUT2D eigenvalue weighted by Gasteiger charge is -2.25. The quantitative estimate of drug-likeness (QED) is 0.806. The average Bonchev–Trinajstić information content (AvgIpc) is 3.53. The minimum Gasteiger partial charge on any atom is -0.497 e. The van der Waals surface area contributed by atoms with Gasteiger partial charge in [0, 0.05) is 19.5 Å². The molecule has 0 unspecified atom stereocenters. The zero-order valence-electron chi connectivity index (χ0n) is 16.6. The summed E-state index contributed by atoms with van der Waals surface area (Å²) in [6.45, 7) is 1.07. The lowest BCUT2D eigenvalue weighted by atomic mass is 10.0. The van der Waals surface area contributed by atoms with Gasteiger partial charge < -0.3 is 19.3 Å². The number of amides is 2. The number of ether oxygens (including phenoxy) is 2.